The zero-order chi connectivity index (χ0) is 11.9. The van der Waals surface area contributed by atoms with Crippen LogP contribution in [0, 0.1) is 11.6 Å². The number of hydrogen-bond donors (Lipinski definition) is 1. The van der Waals surface area contributed by atoms with Crippen molar-refractivity contribution in [3.05, 3.63) is 35.4 Å². The summed E-state index contributed by atoms with van der Waals surface area (Å²) in [6, 6.07) is 2.92. The van der Waals surface area contributed by atoms with Crippen molar-refractivity contribution in [1.29, 1.82) is 0 Å². The smallest absolute Gasteiger partial charge is 0.256 e. The molecule has 0 aliphatic carbocycles. The van der Waals surface area contributed by atoms with Crippen LogP contribution in [0.25, 0.3) is 0 Å². The maximum Gasteiger partial charge on any atom is 0.256 e. The number of rotatable bonds is 1. The number of nitrogens with two attached hydrogens (primary N) is 1. The molecule has 0 spiro atoms. The van der Waals surface area contributed by atoms with E-state index in [1.807, 2.05) is 6.92 Å². The minimum atomic E-state index is -0.837. The van der Waals surface area contributed by atoms with E-state index in [0.717, 1.165) is 12.1 Å². The summed E-state index contributed by atoms with van der Waals surface area (Å²) in [5.74, 6) is -1.97. The summed E-state index contributed by atoms with van der Waals surface area (Å²) >= 11 is 0. The SMILES string of the molecule is CC1(N)CN(C(=O)c2ccc(F)cc2F)C1. The van der Waals surface area contributed by atoms with E-state index in [9.17, 15) is 13.6 Å². The summed E-state index contributed by atoms with van der Waals surface area (Å²) in [6.07, 6.45) is 0. The van der Waals surface area contributed by atoms with E-state index in [-0.39, 0.29) is 5.56 Å². The van der Waals surface area contributed by atoms with Crippen LogP contribution in [0.4, 0.5) is 8.78 Å². The molecule has 1 aliphatic rings. The van der Waals surface area contributed by atoms with Crippen LogP contribution in [-0.4, -0.2) is 29.4 Å². The standard InChI is InChI=1S/C11H12F2N2O/c1-11(14)5-15(6-11)10(16)8-3-2-7(12)4-9(8)13/h2-4H,5-6,14H2,1H3. The van der Waals surface area contributed by atoms with Crippen molar-refractivity contribution in [3.8, 4) is 0 Å². The van der Waals surface area contributed by atoms with Gasteiger partial charge in [-0.3, -0.25) is 4.79 Å². The first-order chi connectivity index (χ1) is 7.39. The van der Waals surface area contributed by atoms with Crippen LogP contribution < -0.4 is 5.73 Å². The van der Waals surface area contributed by atoms with Gasteiger partial charge in [-0.05, 0) is 19.1 Å². The lowest BCUT2D eigenvalue weighted by Crippen LogP contribution is -2.66. The molecule has 1 fully saturated rings. The number of carbonyl (C=O) groups is 1. The first kappa shape index (κ1) is 11.0. The van der Waals surface area contributed by atoms with Crippen molar-refractivity contribution in [2.45, 2.75) is 12.5 Å². The lowest BCUT2D eigenvalue weighted by molar-refractivity contribution is 0.0449. The summed E-state index contributed by atoms with van der Waals surface area (Å²) in [5, 5.41) is 0. The molecule has 86 valence electrons. The van der Waals surface area contributed by atoms with Gasteiger partial charge in [0.05, 0.1) is 5.56 Å². The van der Waals surface area contributed by atoms with Gasteiger partial charge in [0.2, 0.25) is 0 Å². The second-order valence-corrected chi connectivity index (χ2v) is 4.44. The summed E-state index contributed by atoms with van der Waals surface area (Å²) in [5.41, 5.74) is 5.23. The number of hydrogen-bond acceptors (Lipinski definition) is 2. The lowest BCUT2D eigenvalue weighted by atomic mass is 9.93. The Balaban J connectivity index is 2.16. The molecule has 5 heteroatoms. The van der Waals surface area contributed by atoms with Crippen molar-refractivity contribution in [1.82, 2.24) is 4.90 Å². The average molecular weight is 226 g/mol. The summed E-state index contributed by atoms with van der Waals surface area (Å²) in [6.45, 7) is 2.60. The van der Waals surface area contributed by atoms with Crippen LogP contribution in [0.2, 0.25) is 0 Å². The normalized spacial score (nSPS) is 18.1. The Bertz CT molecular complexity index is 438. The highest BCUT2D eigenvalue weighted by molar-refractivity contribution is 5.95. The molecule has 0 atom stereocenters. The Morgan fingerprint density at radius 2 is 2.06 bits per heavy atom. The largest absolute Gasteiger partial charge is 0.335 e. The second-order valence-electron chi connectivity index (χ2n) is 4.44. The molecule has 0 saturated carbocycles. The van der Waals surface area contributed by atoms with Gasteiger partial charge in [0.1, 0.15) is 11.6 Å². The third-order valence-corrected chi connectivity index (χ3v) is 2.55. The maximum atomic E-state index is 13.3. The molecule has 0 unspecified atom stereocenters. The highest BCUT2D eigenvalue weighted by Crippen LogP contribution is 2.21. The third kappa shape index (κ3) is 1.90. The second kappa shape index (κ2) is 3.52. The number of carbonyl (C=O) groups excluding carboxylic acids is 1. The van der Waals surface area contributed by atoms with Gasteiger partial charge < -0.3 is 10.6 Å². The fourth-order valence-electron chi connectivity index (χ4n) is 1.80. The molecular weight excluding hydrogens is 214 g/mol. The number of nitrogens with zero attached hydrogens (tertiary/aromatic N) is 1. The number of benzene rings is 1. The molecule has 0 radical (unpaired) electrons. The minimum Gasteiger partial charge on any atom is -0.335 e. The molecule has 2 rings (SSSR count). The van der Waals surface area contributed by atoms with Crippen molar-refractivity contribution < 1.29 is 13.6 Å². The van der Waals surface area contributed by atoms with Gasteiger partial charge in [0.15, 0.2) is 0 Å². The molecule has 1 amide bonds. The zero-order valence-corrected chi connectivity index (χ0v) is 8.84. The topological polar surface area (TPSA) is 46.3 Å². The molecule has 1 aromatic carbocycles. The Labute approximate surface area is 91.8 Å². The number of halogens is 2. The highest BCUT2D eigenvalue weighted by Gasteiger charge is 2.38. The fourth-order valence-corrected chi connectivity index (χ4v) is 1.80. The zero-order valence-electron chi connectivity index (χ0n) is 8.84. The predicted octanol–water partition coefficient (Wildman–Crippen LogP) is 1.14. The summed E-state index contributed by atoms with van der Waals surface area (Å²) in [7, 11) is 0. The Morgan fingerprint density at radius 1 is 1.44 bits per heavy atom. The van der Waals surface area contributed by atoms with Crippen LogP contribution in [-0.2, 0) is 0 Å². The quantitative estimate of drug-likeness (QED) is 0.780. The molecule has 2 N–H and O–H groups in total. The minimum absolute atomic E-state index is 0.114. The van der Waals surface area contributed by atoms with E-state index >= 15 is 0 Å². The van der Waals surface area contributed by atoms with Crippen molar-refractivity contribution in [2.24, 2.45) is 5.73 Å². The van der Waals surface area contributed by atoms with Crippen LogP contribution >= 0.6 is 0 Å². The van der Waals surface area contributed by atoms with Gasteiger partial charge in [0, 0.05) is 24.7 Å². The Morgan fingerprint density at radius 3 is 2.56 bits per heavy atom. The molecule has 0 bridgehead atoms. The number of amides is 1. The van der Waals surface area contributed by atoms with Crippen LogP contribution in [0.1, 0.15) is 17.3 Å². The monoisotopic (exact) mass is 226 g/mol. The number of likely N-dealkylation sites (tertiary alicyclic amines) is 1. The molecule has 1 heterocycles. The van der Waals surface area contributed by atoms with Gasteiger partial charge in [-0.25, -0.2) is 8.78 Å². The van der Waals surface area contributed by atoms with E-state index in [1.54, 1.807) is 0 Å². The third-order valence-electron chi connectivity index (χ3n) is 2.55. The Hall–Kier alpha value is -1.49. The van der Waals surface area contributed by atoms with Crippen molar-refractivity contribution in [3.63, 3.8) is 0 Å². The van der Waals surface area contributed by atoms with Gasteiger partial charge >= 0.3 is 0 Å². The van der Waals surface area contributed by atoms with E-state index < -0.39 is 23.1 Å². The average Bonchev–Trinajstić information content (AvgIpc) is 2.13. The molecule has 1 aromatic rings. The van der Waals surface area contributed by atoms with E-state index in [1.165, 1.54) is 4.90 Å². The highest BCUT2D eigenvalue weighted by atomic mass is 19.1. The van der Waals surface area contributed by atoms with Crippen LogP contribution in [0.5, 0.6) is 0 Å². The maximum absolute atomic E-state index is 13.3. The van der Waals surface area contributed by atoms with Gasteiger partial charge in [-0.2, -0.15) is 0 Å². The molecule has 1 aliphatic heterocycles. The first-order valence-corrected chi connectivity index (χ1v) is 4.92. The molecule has 0 aromatic heterocycles. The Kier molecular flexibility index (Phi) is 2.42. The summed E-state index contributed by atoms with van der Waals surface area (Å²) < 4.78 is 25.9. The molecule has 16 heavy (non-hydrogen) atoms. The van der Waals surface area contributed by atoms with Crippen LogP contribution in [0.3, 0.4) is 0 Å². The van der Waals surface area contributed by atoms with Gasteiger partial charge in [-0.1, -0.05) is 0 Å². The first-order valence-electron chi connectivity index (χ1n) is 4.92. The van der Waals surface area contributed by atoms with Crippen molar-refractivity contribution in [2.75, 3.05) is 13.1 Å². The molecule has 3 nitrogen and oxygen atoms in total. The summed E-state index contributed by atoms with van der Waals surface area (Å²) in [4.78, 5) is 13.2. The van der Waals surface area contributed by atoms with E-state index in [2.05, 4.69) is 0 Å². The lowest BCUT2D eigenvalue weighted by Gasteiger charge is -2.45. The van der Waals surface area contributed by atoms with E-state index in [4.69, 9.17) is 5.73 Å². The predicted molar refractivity (Wildman–Crippen MR) is 54.9 cm³/mol. The van der Waals surface area contributed by atoms with Crippen LogP contribution in [0.15, 0.2) is 18.2 Å². The van der Waals surface area contributed by atoms with Gasteiger partial charge in [0.25, 0.3) is 5.91 Å². The van der Waals surface area contributed by atoms with Gasteiger partial charge in [-0.15, -0.1) is 0 Å². The molecular formula is C11H12F2N2O. The molecule has 1 saturated heterocycles. The van der Waals surface area contributed by atoms with Crippen molar-refractivity contribution >= 4 is 5.91 Å². The van der Waals surface area contributed by atoms with E-state index in [0.29, 0.717) is 19.2 Å². The fraction of sp³-hybridized carbons (Fsp3) is 0.364.